The summed E-state index contributed by atoms with van der Waals surface area (Å²) in [4.78, 5) is 9.08. The van der Waals surface area contributed by atoms with Gasteiger partial charge in [0.05, 0.1) is 22.8 Å². The van der Waals surface area contributed by atoms with E-state index in [1.165, 1.54) is 0 Å². The first-order chi connectivity index (χ1) is 8.75. The quantitative estimate of drug-likeness (QED) is 0.428. The van der Waals surface area contributed by atoms with E-state index in [9.17, 15) is 0 Å². The van der Waals surface area contributed by atoms with Crippen LogP contribution in [0.4, 0.5) is 11.4 Å². The standard InChI is InChI=1S/C16H16N2.2CH3.Pt/c1-13(17-15-9-5-3-6-10-15)14(2)18-16-11-7-4-8-12-16;;;/h3-12H,1-2H3;2*1H3;/q;2*-1;+2. The second kappa shape index (κ2) is 11.2. The molecule has 0 atom stereocenters. The van der Waals surface area contributed by atoms with Gasteiger partial charge in [-0.1, -0.05) is 36.4 Å². The van der Waals surface area contributed by atoms with Crippen molar-refractivity contribution in [3.05, 3.63) is 75.5 Å². The first-order valence-electron chi connectivity index (χ1n) is 5.97. The number of hydrogen-bond acceptors (Lipinski definition) is 2. The first kappa shape index (κ1) is 21.8. The van der Waals surface area contributed by atoms with Crippen molar-refractivity contribution >= 4 is 22.8 Å². The Morgan fingerprint density at radius 1 is 0.619 bits per heavy atom. The molecule has 0 fully saturated rings. The van der Waals surface area contributed by atoms with Crippen LogP contribution in [0.15, 0.2) is 70.6 Å². The van der Waals surface area contributed by atoms with Crippen molar-refractivity contribution < 1.29 is 21.1 Å². The molecule has 0 radical (unpaired) electrons. The largest absolute Gasteiger partial charge is 2.00 e. The van der Waals surface area contributed by atoms with Crippen molar-refractivity contribution in [2.24, 2.45) is 9.98 Å². The second-order valence-corrected chi connectivity index (χ2v) is 4.07. The van der Waals surface area contributed by atoms with E-state index >= 15 is 0 Å². The van der Waals surface area contributed by atoms with Crippen LogP contribution in [0.1, 0.15) is 13.8 Å². The fourth-order valence-electron chi connectivity index (χ4n) is 1.55. The monoisotopic (exact) mass is 461 g/mol. The molecule has 2 aromatic rings. The number of rotatable bonds is 3. The van der Waals surface area contributed by atoms with E-state index in [-0.39, 0.29) is 35.9 Å². The molecule has 21 heavy (non-hydrogen) atoms. The number of benzene rings is 2. The summed E-state index contributed by atoms with van der Waals surface area (Å²) in [5.74, 6) is 0. The predicted octanol–water partition coefficient (Wildman–Crippen LogP) is 5.47. The van der Waals surface area contributed by atoms with Crippen LogP contribution in [-0.2, 0) is 21.1 Å². The molecule has 2 nitrogen and oxygen atoms in total. The maximum atomic E-state index is 4.54. The van der Waals surface area contributed by atoms with E-state index in [4.69, 9.17) is 0 Å². The molecule has 0 aromatic heterocycles. The molecule has 0 saturated carbocycles. The molecule has 0 spiro atoms. The first-order valence-corrected chi connectivity index (χ1v) is 5.97. The molecular weight excluding hydrogens is 439 g/mol. The molecule has 0 aliphatic rings. The van der Waals surface area contributed by atoms with Gasteiger partial charge in [0.1, 0.15) is 0 Å². The smallest absolute Gasteiger partial charge is 0.358 e. The zero-order valence-electron chi connectivity index (χ0n) is 13.0. The van der Waals surface area contributed by atoms with E-state index in [1.807, 2.05) is 74.5 Å². The van der Waals surface area contributed by atoms with Gasteiger partial charge in [0.25, 0.3) is 0 Å². The third-order valence-corrected chi connectivity index (χ3v) is 2.63. The molecular formula is C18H22N2Pt. The number of nitrogens with zero attached hydrogens (tertiary/aromatic N) is 2. The molecule has 0 saturated heterocycles. The van der Waals surface area contributed by atoms with Crippen LogP contribution < -0.4 is 0 Å². The van der Waals surface area contributed by atoms with Crippen molar-refractivity contribution in [3.8, 4) is 0 Å². The van der Waals surface area contributed by atoms with Crippen molar-refractivity contribution in [2.75, 3.05) is 0 Å². The Hall–Kier alpha value is -1.53. The molecule has 0 heterocycles. The summed E-state index contributed by atoms with van der Waals surface area (Å²) >= 11 is 0. The van der Waals surface area contributed by atoms with Gasteiger partial charge < -0.3 is 14.9 Å². The van der Waals surface area contributed by atoms with Crippen molar-refractivity contribution in [2.45, 2.75) is 13.8 Å². The van der Waals surface area contributed by atoms with E-state index in [0.29, 0.717) is 0 Å². The molecule has 2 aromatic carbocycles. The summed E-state index contributed by atoms with van der Waals surface area (Å²) in [6, 6.07) is 19.8. The summed E-state index contributed by atoms with van der Waals surface area (Å²) in [5.41, 5.74) is 3.78. The molecule has 0 aliphatic heterocycles. The Morgan fingerprint density at radius 3 is 1.19 bits per heavy atom. The third kappa shape index (κ3) is 7.15. The third-order valence-electron chi connectivity index (χ3n) is 2.63. The number of para-hydroxylation sites is 2. The zero-order chi connectivity index (χ0) is 12.8. The summed E-state index contributed by atoms with van der Waals surface area (Å²) in [6.07, 6.45) is 0. The van der Waals surface area contributed by atoms with Crippen molar-refractivity contribution in [1.29, 1.82) is 0 Å². The fraction of sp³-hybridized carbons (Fsp3) is 0.111. The maximum absolute atomic E-state index is 4.54. The average molecular weight is 461 g/mol. The normalized spacial score (nSPS) is 10.8. The molecule has 0 unspecified atom stereocenters. The molecule has 0 N–H and O–H groups in total. The van der Waals surface area contributed by atoms with Gasteiger partial charge in [-0.2, -0.15) is 0 Å². The van der Waals surface area contributed by atoms with Gasteiger partial charge in [-0.25, -0.2) is 0 Å². The Balaban J connectivity index is 0. The Morgan fingerprint density at radius 2 is 0.905 bits per heavy atom. The minimum absolute atomic E-state index is 0. The minimum Gasteiger partial charge on any atom is -0.358 e. The second-order valence-electron chi connectivity index (χ2n) is 4.07. The van der Waals surface area contributed by atoms with Crippen LogP contribution in [0.3, 0.4) is 0 Å². The van der Waals surface area contributed by atoms with Crippen LogP contribution in [0.25, 0.3) is 0 Å². The van der Waals surface area contributed by atoms with Gasteiger partial charge in [0.2, 0.25) is 0 Å². The van der Waals surface area contributed by atoms with Crippen LogP contribution in [0.5, 0.6) is 0 Å². The average Bonchev–Trinajstić information content (AvgIpc) is 2.41. The molecule has 3 heteroatoms. The van der Waals surface area contributed by atoms with E-state index in [0.717, 1.165) is 22.8 Å². The van der Waals surface area contributed by atoms with Gasteiger partial charge >= 0.3 is 21.1 Å². The summed E-state index contributed by atoms with van der Waals surface area (Å²) in [6.45, 7) is 3.96. The van der Waals surface area contributed by atoms with Crippen LogP contribution in [0, 0.1) is 14.9 Å². The van der Waals surface area contributed by atoms with Gasteiger partial charge in [-0.3, -0.25) is 9.98 Å². The Kier molecular flexibility index (Phi) is 11.6. The molecule has 0 amide bonds. The molecule has 0 aliphatic carbocycles. The number of hydrogen-bond donors (Lipinski definition) is 0. The minimum atomic E-state index is 0. The summed E-state index contributed by atoms with van der Waals surface area (Å²) in [7, 11) is 0. The van der Waals surface area contributed by atoms with E-state index in [2.05, 4.69) is 9.98 Å². The molecule has 0 bridgehead atoms. The van der Waals surface area contributed by atoms with Crippen molar-refractivity contribution in [1.82, 2.24) is 0 Å². The maximum Gasteiger partial charge on any atom is 2.00 e. The summed E-state index contributed by atoms with van der Waals surface area (Å²) in [5, 5.41) is 0. The predicted molar refractivity (Wildman–Crippen MR) is 91.3 cm³/mol. The molecule has 114 valence electrons. The fourth-order valence-corrected chi connectivity index (χ4v) is 1.55. The Labute approximate surface area is 143 Å². The van der Waals surface area contributed by atoms with E-state index in [1.54, 1.807) is 0 Å². The Bertz CT molecular complexity index is 507. The van der Waals surface area contributed by atoms with Gasteiger partial charge in [-0.15, -0.1) is 0 Å². The van der Waals surface area contributed by atoms with Gasteiger partial charge in [0, 0.05) is 0 Å². The number of aliphatic imine (C=N–C) groups is 2. The van der Waals surface area contributed by atoms with E-state index < -0.39 is 0 Å². The van der Waals surface area contributed by atoms with Crippen LogP contribution in [0.2, 0.25) is 0 Å². The van der Waals surface area contributed by atoms with Crippen molar-refractivity contribution in [3.63, 3.8) is 0 Å². The zero-order valence-corrected chi connectivity index (χ0v) is 15.3. The van der Waals surface area contributed by atoms with Crippen LogP contribution >= 0.6 is 0 Å². The van der Waals surface area contributed by atoms with Gasteiger partial charge in [0.15, 0.2) is 0 Å². The summed E-state index contributed by atoms with van der Waals surface area (Å²) < 4.78 is 0. The van der Waals surface area contributed by atoms with Gasteiger partial charge in [-0.05, 0) is 38.1 Å². The topological polar surface area (TPSA) is 24.7 Å². The SMILES string of the molecule is CC(=Nc1ccccc1)C(C)=Nc1ccccc1.[CH3-].[CH3-].[Pt+2]. The molecule has 2 rings (SSSR count). The van der Waals surface area contributed by atoms with Crippen LogP contribution in [-0.4, -0.2) is 11.4 Å².